The first-order valence-electron chi connectivity index (χ1n) is 6.65. The molecule has 0 aliphatic carbocycles. The summed E-state index contributed by atoms with van der Waals surface area (Å²) in [7, 11) is -2.89. The van der Waals surface area contributed by atoms with E-state index in [1.54, 1.807) is 19.9 Å². The minimum absolute atomic E-state index is 0.0313. The number of nitro groups is 1. The van der Waals surface area contributed by atoms with Crippen molar-refractivity contribution in [1.82, 2.24) is 14.8 Å². The maximum absolute atomic E-state index is 12.4. The molecule has 1 aromatic heterocycles. The summed E-state index contributed by atoms with van der Waals surface area (Å²) in [5, 5.41) is 10.8. The standard InChI is InChI=1S/C13H15N5O5S/c1-8-6-9(2)15-13(14-8)16-17-24(21,22)12-7-10(18(19)20)4-5-11(12)23-3/h4-7,17H,1-3H3,(H,14,15,16). The van der Waals surface area contributed by atoms with Crippen LogP contribution in [-0.2, 0) is 10.0 Å². The van der Waals surface area contributed by atoms with Gasteiger partial charge in [-0.25, -0.2) is 18.4 Å². The molecule has 1 aromatic carbocycles. The van der Waals surface area contributed by atoms with E-state index in [1.165, 1.54) is 13.2 Å². The molecule has 2 aromatic rings. The highest BCUT2D eigenvalue weighted by atomic mass is 32.2. The average molecular weight is 353 g/mol. The average Bonchev–Trinajstić information content (AvgIpc) is 2.51. The number of aryl methyl sites for hydroxylation is 2. The van der Waals surface area contributed by atoms with Crippen LogP contribution in [0.1, 0.15) is 11.4 Å². The molecule has 0 unspecified atom stereocenters. The molecular weight excluding hydrogens is 338 g/mol. The Kier molecular flexibility index (Phi) is 4.95. The summed E-state index contributed by atoms with van der Waals surface area (Å²) in [5.74, 6) is 0.0247. The molecule has 10 nitrogen and oxygen atoms in total. The summed E-state index contributed by atoms with van der Waals surface area (Å²) >= 11 is 0. The number of sulfonamides is 1. The topological polar surface area (TPSA) is 136 Å². The number of nitro benzene ring substituents is 1. The summed E-state index contributed by atoms with van der Waals surface area (Å²) in [5.41, 5.74) is 3.30. The monoisotopic (exact) mass is 353 g/mol. The fraction of sp³-hybridized carbons (Fsp3) is 0.231. The van der Waals surface area contributed by atoms with Gasteiger partial charge in [-0.15, -0.1) is 4.83 Å². The molecule has 0 bridgehead atoms. The van der Waals surface area contributed by atoms with Crippen LogP contribution in [0.15, 0.2) is 29.2 Å². The largest absolute Gasteiger partial charge is 0.495 e. The molecule has 2 rings (SSSR count). The van der Waals surface area contributed by atoms with Crippen molar-refractivity contribution in [2.45, 2.75) is 18.7 Å². The first-order chi connectivity index (χ1) is 11.2. The number of anilines is 1. The number of rotatable bonds is 6. The van der Waals surface area contributed by atoms with Crippen molar-refractivity contribution >= 4 is 21.7 Å². The van der Waals surface area contributed by atoms with Crippen molar-refractivity contribution in [3.63, 3.8) is 0 Å². The van der Waals surface area contributed by atoms with Gasteiger partial charge in [0.15, 0.2) is 0 Å². The van der Waals surface area contributed by atoms with Crippen molar-refractivity contribution < 1.29 is 18.1 Å². The van der Waals surface area contributed by atoms with Gasteiger partial charge in [-0.2, -0.15) is 0 Å². The predicted molar refractivity (Wildman–Crippen MR) is 85.1 cm³/mol. The summed E-state index contributed by atoms with van der Waals surface area (Å²) in [6.45, 7) is 3.47. The smallest absolute Gasteiger partial charge is 0.271 e. The molecule has 2 N–H and O–H groups in total. The molecule has 0 amide bonds. The third kappa shape index (κ3) is 3.94. The number of hydrazine groups is 1. The van der Waals surface area contributed by atoms with Gasteiger partial charge in [0.25, 0.3) is 15.7 Å². The van der Waals surface area contributed by atoms with Crippen molar-refractivity contribution in [3.8, 4) is 5.75 Å². The molecular formula is C13H15N5O5S. The first-order valence-corrected chi connectivity index (χ1v) is 8.14. The number of aromatic nitrogens is 2. The zero-order chi connectivity index (χ0) is 17.9. The number of non-ortho nitro benzene ring substituents is 1. The maximum Gasteiger partial charge on any atom is 0.271 e. The Morgan fingerprint density at radius 2 is 1.79 bits per heavy atom. The molecule has 0 fully saturated rings. The van der Waals surface area contributed by atoms with Gasteiger partial charge in [-0.3, -0.25) is 15.5 Å². The highest BCUT2D eigenvalue weighted by molar-refractivity contribution is 7.89. The fourth-order valence-corrected chi connectivity index (χ4v) is 2.97. The van der Waals surface area contributed by atoms with Crippen molar-refractivity contribution in [3.05, 3.63) is 45.8 Å². The van der Waals surface area contributed by atoms with Gasteiger partial charge in [0.1, 0.15) is 10.6 Å². The Bertz CT molecular complexity index is 864. The molecule has 0 saturated carbocycles. The van der Waals surface area contributed by atoms with E-state index in [0.29, 0.717) is 11.4 Å². The Morgan fingerprint density at radius 1 is 1.17 bits per heavy atom. The Labute approximate surface area is 138 Å². The Morgan fingerprint density at radius 3 is 2.33 bits per heavy atom. The van der Waals surface area contributed by atoms with Gasteiger partial charge < -0.3 is 4.74 Å². The predicted octanol–water partition coefficient (Wildman–Crippen LogP) is 1.32. The van der Waals surface area contributed by atoms with Crippen LogP contribution in [0, 0.1) is 24.0 Å². The Hall–Kier alpha value is -2.79. The molecule has 0 saturated heterocycles. The summed E-state index contributed by atoms with van der Waals surface area (Å²) in [6, 6.07) is 4.99. The minimum atomic E-state index is -4.15. The van der Waals surface area contributed by atoms with Gasteiger partial charge in [0.2, 0.25) is 5.95 Å². The van der Waals surface area contributed by atoms with Crippen LogP contribution in [0.4, 0.5) is 11.6 Å². The second-order valence-electron chi connectivity index (χ2n) is 4.80. The van der Waals surface area contributed by atoms with Crippen LogP contribution < -0.4 is 15.0 Å². The van der Waals surface area contributed by atoms with Crippen LogP contribution in [0.2, 0.25) is 0 Å². The zero-order valence-electron chi connectivity index (χ0n) is 13.1. The lowest BCUT2D eigenvalue weighted by Crippen LogP contribution is -2.31. The van der Waals surface area contributed by atoms with E-state index in [1.807, 2.05) is 0 Å². The number of ether oxygens (including phenoxy) is 1. The second kappa shape index (κ2) is 6.76. The van der Waals surface area contributed by atoms with Gasteiger partial charge in [-0.05, 0) is 26.0 Å². The summed E-state index contributed by atoms with van der Waals surface area (Å²) in [6.07, 6.45) is 0. The molecule has 0 spiro atoms. The number of benzene rings is 1. The number of methoxy groups -OCH3 is 1. The van der Waals surface area contributed by atoms with Crippen LogP contribution in [0.5, 0.6) is 5.75 Å². The Balaban J connectivity index is 2.32. The number of hydrogen-bond donors (Lipinski definition) is 2. The highest BCUT2D eigenvalue weighted by Crippen LogP contribution is 2.27. The SMILES string of the molecule is COc1ccc([N+](=O)[O-])cc1S(=O)(=O)NNc1nc(C)cc(C)n1. The lowest BCUT2D eigenvalue weighted by Gasteiger charge is -2.11. The van der Waals surface area contributed by atoms with E-state index in [-0.39, 0.29) is 22.3 Å². The van der Waals surface area contributed by atoms with Crippen LogP contribution in [-0.4, -0.2) is 30.4 Å². The van der Waals surface area contributed by atoms with Gasteiger partial charge in [0, 0.05) is 23.5 Å². The normalized spacial score (nSPS) is 11.1. The molecule has 0 atom stereocenters. The molecule has 0 aliphatic rings. The van der Waals surface area contributed by atoms with E-state index in [9.17, 15) is 18.5 Å². The van der Waals surface area contributed by atoms with E-state index < -0.39 is 14.9 Å². The number of nitrogens with zero attached hydrogens (tertiary/aromatic N) is 3. The third-order valence-electron chi connectivity index (χ3n) is 2.93. The molecule has 24 heavy (non-hydrogen) atoms. The summed E-state index contributed by atoms with van der Waals surface area (Å²) < 4.78 is 29.8. The molecule has 0 aliphatic heterocycles. The lowest BCUT2D eigenvalue weighted by atomic mass is 10.3. The first kappa shape index (κ1) is 17.6. The van der Waals surface area contributed by atoms with Crippen LogP contribution in [0.3, 0.4) is 0 Å². The molecule has 128 valence electrons. The van der Waals surface area contributed by atoms with Crippen LogP contribution in [0.25, 0.3) is 0 Å². The number of nitrogens with one attached hydrogen (secondary N) is 2. The summed E-state index contributed by atoms with van der Waals surface area (Å²) in [4.78, 5) is 19.9. The number of hydrogen-bond acceptors (Lipinski definition) is 8. The van der Waals surface area contributed by atoms with Crippen molar-refractivity contribution in [2.75, 3.05) is 12.5 Å². The van der Waals surface area contributed by atoms with Gasteiger partial charge in [0.05, 0.1) is 12.0 Å². The van der Waals surface area contributed by atoms with E-state index in [4.69, 9.17) is 4.74 Å². The third-order valence-corrected chi connectivity index (χ3v) is 4.20. The van der Waals surface area contributed by atoms with Crippen LogP contribution >= 0.6 is 0 Å². The van der Waals surface area contributed by atoms with E-state index >= 15 is 0 Å². The van der Waals surface area contributed by atoms with E-state index in [0.717, 1.165) is 12.1 Å². The lowest BCUT2D eigenvalue weighted by molar-refractivity contribution is -0.385. The maximum atomic E-state index is 12.4. The fourth-order valence-electron chi connectivity index (χ4n) is 1.94. The molecule has 0 radical (unpaired) electrons. The molecule has 1 heterocycles. The molecule has 11 heteroatoms. The van der Waals surface area contributed by atoms with Gasteiger partial charge in [-0.1, -0.05) is 0 Å². The van der Waals surface area contributed by atoms with E-state index in [2.05, 4.69) is 20.2 Å². The van der Waals surface area contributed by atoms with Gasteiger partial charge >= 0.3 is 0 Å². The van der Waals surface area contributed by atoms with Crippen molar-refractivity contribution in [1.29, 1.82) is 0 Å². The minimum Gasteiger partial charge on any atom is -0.495 e. The quantitative estimate of drug-likeness (QED) is 0.586. The zero-order valence-corrected chi connectivity index (χ0v) is 13.9. The van der Waals surface area contributed by atoms with Crippen molar-refractivity contribution in [2.24, 2.45) is 0 Å². The highest BCUT2D eigenvalue weighted by Gasteiger charge is 2.23. The second-order valence-corrected chi connectivity index (χ2v) is 6.45.